The van der Waals surface area contributed by atoms with Crippen LogP contribution < -0.4 is 5.73 Å². The summed E-state index contributed by atoms with van der Waals surface area (Å²) >= 11 is 0. The Morgan fingerprint density at radius 2 is 1.53 bits per heavy atom. The first kappa shape index (κ1) is 11.9. The average Bonchev–Trinajstić information content (AvgIpc) is 2.12. The Morgan fingerprint density at radius 3 is 1.93 bits per heavy atom. The Labute approximate surface area is 82.7 Å². The van der Waals surface area contributed by atoms with Crippen molar-refractivity contribution in [3.63, 3.8) is 0 Å². The average molecular weight is 225 g/mol. The van der Waals surface area contributed by atoms with Crippen molar-refractivity contribution >= 4 is 0 Å². The Bertz CT molecular complexity index is 329. The van der Waals surface area contributed by atoms with Crippen molar-refractivity contribution < 1.29 is 22.0 Å². The van der Waals surface area contributed by atoms with Gasteiger partial charge in [-0.15, -0.1) is 0 Å². The molecule has 0 radical (unpaired) electrons. The second kappa shape index (κ2) is 4.57. The highest BCUT2D eigenvalue weighted by Gasteiger charge is 2.17. The minimum absolute atomic E-state index is 0.188. The molecule has 0 unspecified atom stereocenters. The fourth-order valence-electron chi connectivity index (χ4n) is 1.12. The lowest BCUT2D eigenvalue weighted by Gasteiger charge is -2.11. The second-order valence-electron chi connectivity index (χ2n) is 3.03. The van der Waals surface area contributed by atoms with Gasteiger partial charge in [-0.1, -0.05) is 0 Å². The molecule has 1 atom stereocenters. The number of benzene rings is 1. The van der Waals surface area contributed by atoms with Gasteiger partial charge in [0.1, 0.15) is 0 Å². The van der Waals surface area contributed by atoms with Gasteiger partial charge in [-0.25, -0.2) is 22.0 Å². The standard InChI is InChI=1S/C9H8F5N/c10-5-1-4(2-6(11)9(5)14)7(15)3-8(12)13/h1-2,7-8H,3,15H2/t7-/m1/s1. The summed E-state index contributed by atoms with van der Waals surface area (Å²) < 4.78 is 61.7. The summed E-state index contributed by atoms with van der Waals surface area (Å²) in [4.78, 5) is 0. The number of hydrogen-bond donors (Lipinski definition) is 1. The van der Waals surface area contributed by atoms with Crippen molar-refractivity contribution in [3.05, 3.63) is 35.1 Å². The summed E-state index contributed by atoms with van der Waals surface area (Å²) in [6.45, 7) is 0. The highest BCUT2D eigenvalue weighted by atomic mass is 19.3. The number of nitrogens with two attached hydrogens (primary N) is 1. The van der Waals surface area contributed by atoms with Gasteiger partial charge >= 0.3 is 0 Å². The molecule has 0 aliphatic heterocycles. The lowest BCUT2D eigenvalue weighted by molar-refractivity contribution is 0.128. The predicted octanol–water partition coefficient (Wildman–Crippen LogP) is 2.76. The molecule has 0 fully saturated rings. The molecular weight excluding hydrogens is 217 g/mol. The second-order valence-corrected chi connectivity index (χ2v) is 3.03. The molecule has 0 aromatic heterocycles. The summed E-state index contributed by atoms with van der Waals surface area (Å²) in [6, 6.07) is 0.0197. The van der Waals surface area contributed by atoms with E-state index in [2.05, 4.69) is 0 Å². The molecule has 0 spiro atoms. The number of rotatable bonds is 3. The van der Waals surface area contributed by atoms with Crippen LogP contribution in [0, 0.1) is 17.5 Å². The first-order valence-corrected chi connectivity index (χ1v) is 4.10. The Kier molecular flexibility index (Phi) is 3.62. The lowest BCUT2D eigenvalue weighted by Crippen LogP contribution is -2.15. The first-order chi connectivity index (χ1) is 6.91. The highest BCUT2D eigenvalue weighted by molar-refractivity contribution is 5.22. The van der Waals surface area contributed by atoms with Gasteiger partial charge in [0.15, 0.2) is 17.5 Å². The normalized spacial score (nSPS) is 13.3. The van der Waals surface area contributed by atoms with Crippen LogP contribution in [0.5, 0.6) is 0 Å². The maximum absolute atomic E-state index is 12.7. The van der Waals surface area contributed by atoms with Gasteiger partial charge in [0.2, 0.25) is 6.43 Å². The quantitative estimate of drug-likeness (QED) is 0.621. The van der Waals surface area contributed by atoms with Crippen molar-refractivity contribution in [2.45, 2.75) is 18.9 Å². The minimum atomic E-state index is -2.68. The predicted molar refractivity (Wildman–Crippen MR) is 43.9 cm³/mol. The summed E-state index contributed by atoms with van der Waals surface area (Å²) in [7, 11) is 0. The molecule has 1 aromatic rings. The van der Waals surface area contributed by atoms with Gasteiger partial charge < -0.3 is 5.73 Å². The van der Waals surface area contributed by atoms with Gasteiger partial charge in [0, 0.05) is 12.5 Å². The van der Waals surface area contributed by atoms with E-state index in [1.54, 1.807) is 0 Å². The van der Waals surface area contributed by atoms with Gasteiger partial charge in [-0.3, -0.25) is 0 Å². The van der Waals surface area contributed by atoms with E-state index in [1.807, 2.05) is 0 Å². The molecular formula is C9H8F5N. The van der Waals surface area contributed by atoms with E-state index in [9.17, 15) is 22.0 Å². The third kappa shape index (κ3) is 2.89. The SMILES string of the molecule is N[C@H](CC(F)F)c1cc(F)c(F)c(F)c1. The van der Waals surface area contributed by atoms with Crippen LogP contribution in [-0.2, 0) is 0 Å². The van der Waals surface area contributed by atoms with Crippen molar-refractivity contribution in [2.24, 2.45) is 5.73 Å². The summed E-state index contributed by atoms with van der Waals surface area (Å²) in [5, 5.41) is 0. The number of halogens is 5. The van der Waals surface area contributed by atoms with Crippen LogP contribution in [0.1, 0.15) is 18.0 Å². The zero-order valence-corrected chi connectivity index (χ0v) is 7.48. The molecule has 15 heavy (non-hydrogen) atoms. The topological polar surface area (TPSA) is 26.0 Å². The van der Waals surface area contributed by atoms with Crippen LogP contribution in [0.25, 0.3) is 0 Å². The van der Waals surface area contributed by atoms with Crippen LogP contribution in [0.3, 0.4) is 0 Å². The maximum atomic E-state index is 12.7. The molecule has 1 nitrogen and oxygen atoms in total. The van der Waals surface area contributed by atoms with Crippen molar-refractivity contribution in [1.29, 1.82) is 0 Å². The van der Waals surface area contributed by atoms with E-state index in [1.165, 1.54) is 0 Å². The molecule has 1 aromatic carbocycles. The Hall–Kier alpha value is -1.17. The monoisotopic (exact) mass is 225 g/mol. The van der Waals surface area contributed by atoms with Crippen LogP contribution in [0.4, 0.5) is 22.0 Å². The van der Waals surface area contributed by atoms with E-state index in [-0.39, 0.29) is 5.56 Å². The maximum Gasteiger partial charge on any atom is 0.240 e. The summed E-state index contributed by atoms with van der Waals surface area (Å²) in [6.07, 6.45) is -3.42. The zero-order chi connectivity index (χ0) is 11.6. The van der Waals surface area contributed by atoms with Crippen molar-refractivity contribution in [1.82, 2.24) is 0 Å². The molecule has 0 aliphatic rings. The molecule has 0 heterocycles. The molecule has 6 heteroatoms. The van der Waals surface area contributed by atoms with Gasteiger partial charge in [-0.2, -0.15) is 0 Å². The molecule has 0 aliphatic carbocycles. The minimum Gasteiger partial charge on any atom is -0.324 e. The molecule has 2 N–H and O–H groups in total. The van der Waals surface area contributed by atoms with Crippen molar-refractivity contribution in [2.75, 3.05) is 0 Å². The van der Waals surface area contributed by atoms with Crippen molar-refractivity contribution in [3.8, 4) is 0 Å². The Morgan fingerprint density at radius 1 is 1.07 bits per heavy atom. The third-order valence-corrected chi connectivity index (χ3v) is 1.87. The van der Waals surface area contributed by atoms with E-state index in [4.69, 9.17) is 5.73 Å². The molecule has 0 bridgehead atoms. The summed E-state index contributed by atoms with van der Waals surface area (Å²) in [5.41, 5.74) is 5.06. The fraction of sp³-hybridized carbons (Fsp3) is 0.333. The molecule has 0 saturated carbocycles. The molecule has 1 rings (SSSR count). The lowest BCUT2D eigenvalue weighted by atomic mass is 10.0. The number of alkyl halides is 2. The smallest absolute Gasteiger partial charge is 0.240 e. The highest BCUT2D eigenvalue weighted by Crippen LogP contribution is 2.22. The summed E-state index contributed by atoms with van der Waals surface area (Å²) in [5.74, 6) is -4.51. The molecule has 84 valence electrons. The zero-order valence-electron chi connectivity index (χ0n) is 7.48. The molecule has 0 saturated heterocycles. The van der Waals surface area contributed by atoms with Crippen LogP contribution in [0.15, 0.2) is 12.1 Å². The largest absolute Gasteiger partial charge is 0.324 e. The fourth-order valence-corrected chi connectivity index (χ4v) is 1.12. The van der Waals surface area contributed by atoms with Crippen LogP contribution in [0.2, 0.25) is 0 Å². The Balaban J connectivity index is 2.95. The molecule has 0 amide bonds. The van der Waals surface area contributed by atoms with Crippen LogP contribution >= 0.6 is 0 Å². The number of hydrogen-bond acceptors (Lipinski definition) is 1. The van der Waals surface area contributed by atoms with Gasteiger partial charge in [0.25, 0.3) is 0 Å². The first-order valence-electron chi connectivity index (χ1n) is 4.10. The van der Waals surface area contributed by atoms with Gasteiger partial charge in [-0.05, 0) is 17.7 Å². The van der Waals surface area contributed by atoms with Crippen LogP contribution in [-0.4, -0.2) is 6.43 Å². The van der Waals surface area contributed by atoms with E-state index in [0.29, 0.717) is 12.1 Å². The van der Waals surface area contributed by atoms with E-state index < -0.39 is 36.3 Å². The van der Waals surface area contributed by atoms with Gasteiger partial charge in [0.05, 0.1) is 0 Å². The van der Waals surface area contributed by atoms with E-state index >= 15 is 0 Å². The van der Waals surface area contributed by atoms with E-state index in [0.717, 1.165) is 0 Å². The third-order valence-electron chi connectivity index (χ3n) is 1.87.